The van der Waals surface area contributed by atoms with Crippen LogP contribution >= 0.6 is 0 Å². The van der Waals surface area contributed by atoms with Crippen molar-refractivity contribution in [3.8, 4) is 16.9 Å². The number of carbonyl (C=O) groups is 6. The van der Waals surface area contributed by atoms with Crippen LogP contribution in [0.5, 0.6) is 5.75 Å². The van der Waals surface area contributed by atoms with Gasteiger partial charge in [0, 0.05) is 25.1 Å². The van der Waals surface area contributed by atoms with Gasteiger partial charge in [-0.15, -0.1) is 0 Å². The van der Waals surface area contributed by atoms with Crippen LogP contribution in [0.4, 0.5) is 5.69 Å². The van der Waals surface area contributed by atoms with Crippen LogP contribution in [-0.4, -0.2) is 76.5 Å². The van der Waals surface area contributed by atoms with Gasteiger partial charge in [-0.25, -0.2) is 0 Å². The molecule has 2 aromatic carbocycles. The summed E-state index contributed by atoms with van der Waals surface area (Å²) in [6.07, 6.45) is -0.222. The third-order valence-electron chi connectivity index (χ3n) is 8.44. The molecule has 2 aromatic rings. The van der Waals surface area contributed by atoms with Crippen molar-refractivity contribution in [1.82, 2.24) is 5.06 Å². The Labute approximate surface area is 234 Å². The van der Waals surface area contributed by atoms with Crippen molar-refractivity contribution in [2.45, 2.75) is 24.9 Å². The predicted octanol–water partition coefficient (Wildman–Crippen LogP) is 0.426. The summed E-state index contributed by atoms with van der Waals surface area (Å²) in [6.45, 7) is 0.0175. The van der Waals surface area contributed by atoms with E-state index < -0.39 is 64.7 Å². The van der Waals surface area contributed by atoms with Gasteiger partial charge in [0.1, 0.15) is 12.3 Å². The number of nitrogens with two attached hydrogens (primary N) is 1. The molecular formula is C29H29N3O9. The van der Waals surface area contributed by atoms with Crippen LogP contribution in [0.1, 0.15) is 28.8 Å². The zero-order valence-electron chi connectivity index (χ0n) is 22.4. The van der Waals surface area contributed by atoms with E-state index in [1.165, 1.54) is 18.2 Å². The van der Waals surface area contributed by atoms with E-state index in [2.05, 4.69) is 5.32 Å². The van der Waals surface area contributed by atoms with Crippen LogP contribution in [0, 0.1) is 23.7 Å². The van der Waals surface area contributed by atoms with Gasteiger partial charge in [0.25, 0.3) is 0 Å². The topological polar surface area (TPSA) is 193 Å². The van der Waals surface area contributed by atoms with Gasteiger partial charge in [-0.2, -0.15) is 5.06 Å². The molecule has 3 aliphatic carbocycles. The van der Waals surface area contributed by atoms with E-state index in [9.17, 15) is 39.0 Å². The van der Waals surface area contributed by atoms with Gasteiger partial charge in [-0.1, -0.05) is 18.2 Å². The van der Waals surface area contributed by atoms with E-state index in [1.807, 2.05) is 0 Å². The van der Waals surface area contributed by atoms with Crippen molar-refractivity contribution in [2.75, 3.05) is 26.0 Å². The molecule has 2 fully saturated rings. The highest BCUT2D eigenvalue weighted by Gasteiger charge is 2.66. The van der Waals surface area contributed by atoms with Crippen molar-refractivity contribution < 1.29 is 43.8 Å². The molecule has 0 aliphatic heterocycles. The molecular weight excluding hydrogens is 534 g/mol. The summed E-state index contributed by atoms with van der Waals surface area (Å²) >= 11 is 0. The van der Waals surface area contributed by atoms with Crippen LogP contribution in [-0.2, 0) is 35.2 Å². The highest BCUT2D eigenvalue weighted by atomic mass is 16.7. The molecule has 2 saturated carbocycles. The van der Waals surface area contributed by atoms with Crippen LogP contribution in [0.25, 0.3) is 11.1 Å². The summed E-state index contributed by atoms with van der Waals surface area (Å²) in [4.78, 5) is 81.8. The van der Waals surface area contributed by atoms with Crippen molar-refractivity contribution in [3.63, 3.8) is 0 Å². The number of hydrogen-bond acceptors (Lipinski definition) is 10. The second kappa shape index (κ2) is 10.3. The lowest BCUT2D eigenvalue weighted by molar-refractivity contribution is -0.175. The highest BCUT2D eigenvalue weighted by molar-refractivity contribution is 6.31. The molecule has 0 heterocycles. The van der Waals surface area contributed by atoms with Crippen molar-refractivity contribution >= 4 is 40.6 Å². The number of hydrogen-bond donors (Lipinski definition) is 4. The highest BCUT2D eigenvalue weighted by Crippen LogP contribution is 2.51. The lowest BCUT2D eigenvalue weighted by atomic mass is 9.53. The summed E-state index contributed by atoms with van der Waals surface area (Å²) in [5.74, 6) is -10.9. The second-order valence-corrected chi connectivity index (χ2v) is 10.8. The van der Waals surface area contributed by atoms with E-state index in [4.69, 9.17) is 10.6 Å². The molecule has 0 bridgehead atoms. The quantitative estimate of drug-likeness (QED) is 0.283. The zero-order valence-corrected chi connectivity index (χ0v) is 22.4. The number of phenolic OH excluding ortho intramolecular Hbond substituents is 1. The average Bonchev–Trinajstić information content (AvgIpc) is 2.91. The number of phenols is 1. The molecule has 2 unspecified atom stereocenters. The minimum absolute atomic E-state index is 0.0109. The number of anilines is 1. The summed E-state index contributed by atoms with van der Waals surface area (Å²) < 4.78 is 0. The van der Waals surface area contributed by atoms with E-state index in [0.717, 1.165) is 0 Å². The molecule has 3 aliphatic rings. The predicted molar refractivity (Wildman–Crippen MR) is 142 cm³/mol. The molecule has 5 atom stereocenters. The third kappa shape index (κ3) is 4.53. The number of aliphatic hydroxyl groups is 1. The number of fused-ring (bicyclic) bond motifs is 3. The Bertz CT molecular complexity index is 1500. The Balaban J connectivity index is 1.47. The molecule has 0 saturated heterocycles. The molecule has 214 valence electrons. The van der Waals surface area contributed by atoms with Crippen molar-refractivity contribution in [1.29, 1.82) is 0 Å². The summed E-state index contributed by atoms with van der Waals surface area (Å²) in [7, 11) is 3.06. The fourth-order valence-corrected chi connectivity index (χ4v) is 6.44. The van der Waals surface area contributed by atoms with E-state index in [1.54, 1.807) is 37.4 Å². The number of ketones is 4. The summed E-state index contributed by atoms with van der Waals surface area (Å²) in [5.41, 5.74) is 4.79. The van der Waals surface area contributed by atoms with Gasteiger partial charge in [0.2, 0.25) is 11.8 Å². The zero-order chi connectivity index (χ0) is 29.8. The number of amides is 2. The molecule has 0 radical (unpaired) electrons. The van der Waals surface area contributed by atoms with Crippen LogP contribution in [0.15, 0.2) is 36.4 Å². The number of Topliss-reactive ketones (excluding diaryl/α,β-unsaturated/α-hetero) is 4. The van der Waals surface area contributed by atoms with Crippen LogP contribution in [0.3, 0.4) is 0 Å². The first-order valence-corrected chi connectivity index (χ1v) is 13.1. The van der Waals surface area contributed by atoms with E-state index in [-0.39, 0.29) is 36.6 Å². The van der Waals surface area contributed by atoms with Gasteiger partial charge in [0.15, 0.2) is 34.7 Å². The molecule has 2 amide bonds. The maximum Gasteiger partial charge on any atom is 0.240 e. The fourth-order valence-electron chi connectivity index (χ4n) is 6.44. The number of nitrogens with zero attached hydrogens (tertiary/aromatic N) is 1. The first kappa shape index (κ1) is 28.3. The average molecular weight is 564 g/mol. The molecule has 12 heteroatoms. The largest absolute Gasteiger partial charge is 0.507 e. The lowest BCUT2D eigenvalue weighted by Gasteiger charge is -2.48. The summed E-state index contributed by atoms with van der Waals surface area (Å²) in [5, 5.41) is 26.1. The van der Waals surface area contributed by atoms with Gasteiger partial charge in [0.05, 0.1) is 18.6 Å². The minimum Gasteiger partial charge on any atom is -0.507 e. The Morgan fingerprint density at radius 2 is 1.76 bits per heavy atom. The van der Waals surface area contributed by atoms with Gasteiger partial charge < -0.3 is 26.1 Å². The van der Waals surface area contributed by atoms with Crippen molar-refractivity contribution in [2.24, 2.45) is 29.4 Å². The number of primary amides is 1. The van der Waals surface area contributed by atoms with Crippen LogP contribution < -0.4 is 11.1 Å². The molecule has 41 heavy (non-hydrogen) atoms. The number of benzene rings is 2. The molecule has 0 spiro atoms. The van der Waals surface area contributed by atoms with Gasteiger partial charge in [-0.3, -0.25) is 28.8 Å². The first-order chi connectivity index (χ1) is 19.4. The monoisotopic (exact) mass is 563 g/mol. The van der Waals surface area contributed by atoms with Crippen LogP contribution in [0.2, 0.25) is 0 Å². The number of carbonyl (C=O) groups excluding carboxylic acids is 6. The van der Waals surface area contributed by atoms with E-state index >= 15 is 0 Å². The Kier molecular flexibility index (Phi) is 7.10. The number of nitrogens with one attached hydrogen (secondary N) is 1. The third-order valence-corrected chi connectivity index (χ3v) is 8.44. The standard InChI is InChI=1S/C29H29N3O9/c1-32(41-2)12-21(35)31-16-5-3-13(4-6-16)17-7-8-19(33)23-18(17)10-14-9-15-11-20(34)24(28(30)39)27(38)29(15,40)26(37)22(14)25(23)36/h3-8,14-15,22,24,33,40H,9-12H2,1-2H3,(H2,30,39)(H,31,35)/t14-,15+,22?,24?,29+/m1/s1. The lowest BCUT2D eigenvalue weighted by Crippen LogP contribution is -2.68. The Hall–Kier alpha value is -4.26. The van der Waals surface area contributed by atoms with E-state index in [0.29, 0.717) is 22.4 Å². The first-order valence-electron chi connectivity index (χ1n) is 13.1. The Morgan fingerprint density at radius 3 is 2.39 bits per heavy atom. The number of hydroxylamine groups is 2. The number of likely N-dealkylation sites (N-methyl/N-ethyl adjacent to an activating group) is 1. The summed E-state index contributed by atoms with van der Waals surface area (Å²) in [6, 6.07) is 9.84. The maximum atomic E-state index is 13.7. The molecule has 12 nitrogen and oxygen atoms in total. The fraction of sp³-hybridized carbons (Fsp3) is 0.379. The molecule has 5 N–H and O–H groups in total. The maximum absolute atomic E-state index is 13.7. The molecule has 5 rings (SSSR count). The minimum atomic E-state index is -2.69. The normalized spacial score (nSPS) is 27.2. The smallest absolute Gasteiger partial charge is 0.240 e. The number of aromatic hydroxyl groups is 1. The second-order valence-electron chi connectivity index (χ2n) is 10.8. The van der Waals surface area contributed by atoms with Gasteiger partial charge >= 0.3 is 0 Å². The van der Waals surface area contributed by atoms with Gasteiger partial charge in [-0.05, 0) is 53.6 Å². The van der Waals surface area contributed by atoms with Crippen molar-refractivity contribution in [3.05, 3.63) is 47.5 Å². The Morgan fingerprint density at radius 1 is 1.07 bits per heavy atom. The molecule has 0 aromatic heterocycles. The number of rotatable bonds is 6. The SMILES string of the molecule is CON(C)CC(=O)Nc1ccc(-c2ccc(O)c3c2C[C@H]2C[C@H]4CC(=O)C(C(N)=O)C(=O)[C@@]4(O)C(=O)C2C3=O)cc1.